The standard InChI is InChI=1S/C37H43Cl2N3O6/c1-23(36(43)47-32(19-28-29(38)20-40-21-30(28)39)27-12-13-31(45-3)33(18-27)46-4)10-11-24(2)41-35(26-8-6-5-7-9-26)37(44)48-34-22-42-16-14-25(34)15-17-42/h5-13,18,25,29,32,34-35,40-41H,1-2,14-17,19-22H2,3-4H3/p+1/b11-10-/t29?,32-,34-,35?/m0/s1. The predicted molar refractivity (Wildman–Crippen MR) is 186 cm³/mol. The first-order valence-electron chi connectivity index (χ1n) is 16.2. The number of ether oxygens (including phenoxy) is 4. The van der Waals surface area contributed by atoms with E-state index in [0.29, 0.717) is 53.2 Å². The Kier molecular flexibility index (Phi) is 12.3. The lowest BCUT2D eigenvalue weighted by atomic mass is 9.86. The van der Waals surface area contributed by atoms with Crippen LogP contribution in [-0.2, 0) is 19.1 Å². The molecule has 4 atom stereocenters. The Morgan fingerprint density at radius 1 is 1.04 bits per heavy atom. The molecule has 2 aromatic carbocycles. The minimum absolute atomic E-state index is 0.0917. The normalized spacial score (nSPS) is 23.2. The van der Waals surface area contributed by atoms with Gasteiger partial charge in [0.15, 0.2) is 17.5 Å². The second kappa shape index (κ2) is 16.6. The SMILES string of the molecule is C=C(/C=C\C(=C)C(=O)O[C@@H](CC1=C(Cl)C[NH2+]CC1Cl)c1ccc(OC)c(OC)c1)NC(C(=O)O[C@H]1CN2CCC1CC2)c1ccccc1. The molecule has 0 saturated carbocycles. The second-order valence-electron chi connectivity index (χ2n) is 12.3. The number of rotatable bonds is 14. The summed E-state index contributed by atoms with van der Waals surface area (Å²) in [5.41, 5.74) is 2.75. The molecule has 0 spiro atoms. The van der Waals surface area contributed by atoms with Gasteiger partial charge in [-0.25, -0.2) is 9.59 Å². The van der Waals surface area contributed by atoms with E-state index in [9.17, 15) is 9.59 Å². The number of piperidine rings is 3. The van der Waals surface area contributed by atoms with Gasteiger partial charge in [-0.2, -0.15) is 0 Å². The third-order valence-corrected chi connectivity index (χ3v) is 10.0. The number of hydrogen-bond acceptors (Lipinski definition) is 8. The van der Waals surface area contributed by atoms with Gasteiger partial charge in [0.05, 0.1) is 31.4 Å². The van der Waals surface area contributed by atoms with Crippen molar-refractivity contribution in [3.05, 3.63) is 107 Å². The third-order valence-electron chi connectivity index (χ3n) is 9.17. The highest BCUT2D eigenvalue weighted by molar-refractivity contribution is 6.31. The lowest BCUT2D eigenvalue weighted by Crippen LogP contribution is -2.87. The van der Waals surface area contributed by atoms with Crippen molar-refractivity contribution in [1.29, 1.82) is 0 Å². The number of benzene rings is 2. The van der Waals surface area contributed by atoms with Crippen LogP contribution in [0.1, 0.15) is 42.5 Å². The Hall–Kier alpha value is -3.76. The number of carbonyl (C=O) groups excluding carboxylic acids is 2. The van der Waals surface area contributed by atoms with Gasteiger partial charge in [0.25, 0.3) is 0 Å². The summed E-state index contributed by atoms with van der Waals surface area (Å²) in [6.45, 7) is 12.2. The number of allylic oxidation sites excluding steroid dienone is 1. The number of nitrogens with one attached hydrogen (secondary N) is 1. The zero-order valence-corrected chi connectivity index (χ0v) is 29.0. The van der Waals surface area contributed by atoms with Crippen molar-refractivity contribution in [2.45, 2.75) is 42.9 Å². The summed E-state index contributed by atoms with van der Waals surface area (Å²) in [5.74, 6) is 0.430. The number of alkyl halides is 1. The van der Waals surface area contributed by atoms with E-state index in [2.05, 4.69) is 23.4 Å². The summed E-state index contributed by atoms with van der Waals surface area (Å²) in [7, 11) is 3.10. The van der Waals surface area contributed by atoms with Crippen LogP contribution in [0.5, 0.6) is 11.5 Å². The molecule has 48 heavy (non-hydrogen) atoms. The Bertz CT molecular complexity index is 1550. The monoisotopic (exact) mass is 696 g/mol. The molecule has 0 aromatic heterocycles. The van der Waals surface area contributed by atoms with E-state index in [1.165, 1.54) is 6.08 Å². The topological polar surface area (TPSA) is 103 Å². The van der Waals surface area contributed by atoms with Crippen LogP contribution in [0, 0.1) is 5.92 Å². The van der Waals surface area contributed by atoms with E-state index in [-0.39, 0.29) is 23.0 Å². The van der Waals surface area contributed by atoms with Gasteiger partial charge in [0, 0.05) is 18.7 Å². The van der Waals surface area contributed by atoms with E-state index in [0.717, 1.165) is 43.6 Å². The molecule has 4 heterocycles. The fraction of sp³-hybridized carbons (Fsp3) is 0.405. The zero-order valence-electron chi connectivity index (χ0n) is 27.5. The first kappa shape index (κ1) is 35.5. The van der Waals surface area contributed by atoms with Gasteiger partial charge >= 0.3 is 11.9 Å². The van der Waals surface area contributed by atoms with Crippen LogP contribution >= 0.6 is 23.2 Å². The highest BCUT2D eigenvalue weighted by atomic mass is 35.5. The van der Waals surface area contributed by atoms with Gasteiger partial charge in [-0.15, -0.1) is 11.6 Å². The summed E-state index contributed by atoms with van der Waals surface area (Å²) in [5, 5.41) is 5.56. The molecule has 3 saturated heterocycles. The summed E-state index contributed by atoms with van der Waals surface area (Å²) >= 11 is 13.2. The van der Waals surface area contributed by atoms with Gasteiger partial charge in [-0.3, -0.25) is 4.90 Å². The van der Waals surface area contributed by atoms with Crippen LogP contribution in [0.25, 0.3) is 0 Å². The van der Waals surface area contributed by atoms with E-state index in [1.54, 1.807) is 32.4 Å². The van der Waals surface area contributed by atoms with Crippen LogP contribution in [0.2, 0.25) is 0 Å². The van der Waals surface area contributed by atoms with Crippen LogP contribution < -0.4 is 20.1 Å². The molecule has 2 aromatic rings. The highest BCUT2D eigenvalue weighted by Gasteiger charge is 2.38. The van der Waals surface area contributed by atoms with Crippen LogP contribution in [0.15, 0.2) is 95.7 Å². The van der Waals surface area contributed by atoms with E-state index in [1.807, 2.05) is 41.7 Å². The molecule has 0 radical (unpaired) electrons. The number of nitrogens with two attached hydrogens (primary N) is 1. The molecule has 2 bridgehead atoms. The molecule has 11 heteroatoms. The van der Waals surface area contributed by atoms with Crippen LogP contribution in [-0.4, -0.2) is 75.3 Å². The number of methoxy groups -OCH3 is 2. The van der Waals surface area contributed by atoms with Crippen molar-refractivity contribution in [3.63, 3.8) is 0 Å². The smallest absolute Gasteiger partial charge is 0.338 e. The van der Waals surface area contributed by atoms with Gasteiger partial charge < -0.3 is 29.6 Å². The Morgan fingerprint density at radius 3 is 2.42 bits per heavy atom. The highest BCUT2D eigenvalue weighted by Crippen LogP contribution is 2.37. The predicted octanol–water partition coefficient (Wildman–Crippen LogP) is 4.95. The fourth-order valence-electron chi connectivity index (χ4n) is 6.41. The zero-order chi connectivity index (χ0) is 34.2. The van der Waals surface area contributed by atoms with Crippen molar-refractivity contribution in [2.24, 2.45) is 5.92 Å². The van der Waals surface area contributed by atoms with Crippen molar-refractivity contribution >= 4 is 35.1 Å². The molecule has 0 aliphatic carbocycles. The van der Waals surface area contributed by atoms with Crippen molar-refractivity contribution < 1.29 is 33.9 Å². The summed E-state index contributed by atoms with van der Waals surface area (Å²) in [6, 6.07) is 13.9. The minimum atomic E-state index is -0.775. The second-order valence-corrected chi connectivity index (χ2v) is 13.3. The Balaban J connectivity index is 1.27. The maximum absolute atomic E-state index is 13.5. The number of fused-ring (bicyclic) bond motifs is 3. The Labute approximate surface area is 292 Å². The van der Waals surface area contributed by atoms with Crippen LogP contribution in [0.3, 0.4) is 0 Å². The fourth-order valence-corrected chi connectivity index (χ4v) is 7.13. The largest absolute Gasteiger partial charge is 0.493 e. The number of quaternary nitrogens is 1. The van der Waals surface area contributed by atoms with Crippen molar-refractivity contribution in [1.82, 2.24) is 10.2 Å². The average Bonchev–Trinajstić information content (AvgIpc) is 3.11. The molecule has 6 rings (SSSR count). The molecular formula is C37H44Cl2N3O6+. The Morgan fingerprint density at radius 2 is 1.77 bits per heavy atom. The van der Waals surface area contributed by atoms with E-state index >= 15 is 0 Å². The molecule has 256 valence electrons. The first-order valence-corrected chi connectivity index (χ1v) is 17.0. The number of halogens is 2. The molecule has 3 fully saturated rings. The summed E-state index contributed by atoms with van der Waals surface area (Å²) < 4.78 is 23.0. The van der Waals surface area contributed by atoms with Gasteiger partial charge in [-0.05, 0) is 72.8 Å². The van der Waals surface area contributed by atoms with Gasteiger partial charge in [-0.1, -0.05) is 61.2 Å². The lowest BCUT2D eigenvalue weighted by Gasteiger charge is -2.44. The molecule has 0 amide bonds. The molecule has 4 aliphatic heterocycles. The molecule has 3 N–H and O–H groups in total. The summed E-state index contributed by atoms with van der Waals surface area (Å²) in [4.78, 5) is 29.3. The van der Waals surface area contributed by atoms with Gasteiger partial charge in [0.2, 0.25) is 0 Å². The lowest BCUT2D eigenvalue weighted by molar-refractivity contribution is -0.648. The number of hydrogen-bond donors (Lipinski definition) is 2. The average molecular weight is 698 g/mol. The number of nitrogens with zero attached hydrogens (tertiary/aromatic N) is 1. The van der Waals surface area contributed by atoms with E-state index in [4.69, 9.17) is 42.1 Å². The molecule has 9 nitrogen and oxygen atoms in total. The number of carbonyl (C=O) groups is 2. The van der Waals surface area contributed by atoms with Crippen molar-refractivity contribution in [3.8, 4) is 11.5 Å². The maximum atomic E-state index is 13.5. The van der Waals surface area contributed by atoms with Crippen molar-refractivity contribution in [2.75, 3.05) is 46.9 Å². The third kappa shape index (κ3) is 8.82. The molecular weight excluding hydrogens is 653 g/mol. The molecule has 4 aliphatic rings. The van der Waals surface area contributed by atoms with Crippen LogP contribution in [0.4, 0.5) is 0 Å². The van der Waals surface area contributed by atoms with Gasteiger partial charge in [0.1, 0.15) is 24.1 Å². The summed E-state index contributed by atoms with van der Waals surface area (Å²) in [6.07, 6.45) is 4.63. The quantitative estimate of drug-likeness (QED) is 0.124. The van der Waals surface area contributed by atoms with E-state index < -0.39 is 18.1 Å². The first-order chi connectivity index (χ1) is 23.2. The maximum Gasteiger partial charge on any atom is 0.338 e. The molecule has 2 unspecified atom stereocenters. The number of esters is 2. The minimum Gasteiger partial charge on any atom is -0.493 e.